The number of fused-ring (bicyclic) bond motifs is 1. The summed E-state index contributed by atoms with van der Waals surface area (Å²) >= 11 is 0. The predicted octanol–water partition coefficient (Wildman–Crippen LogP) is 4.09. The SMILES string of the molecule is c1ccc(CC2CCN(c3ncnc4ccccc34)CC2)cc1. The van der Waals surface area contributed by atoms with E-state index in [1.807, 2.05) is 6.07 Å². The first-order valence-corrected chi connectivity index (χ1v) is 8.39. The summed E-state index contributed by atoms with van der Waals surface area (Å²) in [7, 11) is 0. The summed E-state index contributed by atoms with van der Waals surface area (Å²) in [5, 5.41) is 1.16. The molecule has 116 valence electrons. The summed E-state index contributed by atoms with van der Waals surface area (Å²) in [6.07, 6.45) is 5.34. The highest BCUT2D eigenvalue weighted by Crippen LogP contribution is 2.28. The van der Waals surface area contributed by atoms with Gasteiger partial charge < -0.3 is 4.90 Å². The first kappa shape index (κ1) is 14.2. The van der Waals surface area contributed by atoms with E-state index >= 15 is 0 Å². The molecule has 0 atom stereocenters. The Bertz CT molecular complexity index is 772. The minimum Gasteiger partial charge on any atom is -0.356 e. The molecule has 1 aliphatic heterocycles. The predicted molar refractivity (Wildman–Crippen MR) is 94.6 cm³/mol. The Hall–Kier alpha value is -2.42. The molecule has 23 heavy (non-hydrogen) atoms. The number of hydrogen-bond acceptors (Lipinski definition) is 3. The van der Waals surface area contributed by atoms with Crippen LogP contribution in [0.25, 0.3) is 10.9 Å². The average molecular weight is 303 g/mol. The van der Waals surface area contributed by atoms with Crippen LogP contribution in [0.1, 0.15) is 18.4 Å². The molecular weight excluding hydrogens is 282 g/mol. The van der Waals surface area contributed by atoms with Crippen molar-refractivity contribution >= 4 is 16.7 Å². The van der Waals surface area contributed by atoms with Crippen molar-refractivity contribution < 1.29 is 0 Å². The van der Waals surface area contributed by atoms with Crippen LogP contribution in [0.5, 0.6) is 0 Å². The molecular formula is C20H21N3. The lowest BCUT2D eigenvalue weighted by Gasteiger charge is -2.33. The second-order valence-electron chi connectivity index (χ2n) is 6.33. The number of anilines is 1. The Morgan fingerprint density at radius 2 is 1.61 bits per heavy atom. The van der Waals surface area contributed by atoms with Gasteiger partial charge in [0.2, 0.25) is 0 Å². The van der Waals surface area contributed by atoms with Crippen molar-refractivity contribution in [3.8, 4) is 0 Å². The van der Waals surface area contributed by atoms with Crippen molar-refractivity contribution in [2.24, 2.45) is 5.92 Å². The number of rotatable bonds is 3. The minimum absolute atomic E-state index is 0.779. The molecule has 0 saturated carbocycles. The molecule has 0 bridgehead atoms. The van der Waals surface area contributed by atoms with Gasteiger partial charge >= 0.3 is 0 Å². The van der Waals surface area contributed by atoms with Crippen LogP contribution >= 0.6 is 0 Å². The monoisotopic (exact) mass is 303 g/mol. The maximum absolute atomic E-state index is 4.55. The van der Waals surface area contributed by atoms with E-state index in [4.69, 9.17) is 0 Å². The number of hydrogen-bond donors (Lipinski definition) is 0. The van der Waals surface area contributed by atoms with E-state index < -0.39 is 0 Å². The smallest absolute Gasteiger partial charge is 0.139 e. The summed E-state index contributed by atoms with van der Waals surface area (Å²) in [4.78, 5) is 11.3. The highest BCUT2D eigenvalue weighted by Gasteiger charge is 2.21. The van der Waals surface area contributed by atoms with Gasteiger partial charge in [-0.3, -0.25) is 0 Å². The molecule has 1 aromatic heterocycles. The van der Waals surface area contributed by atoms with Gasteiger partial charge in [0.15, 0.2) is 0 Å². The third-order valence-corrected chi connectivity index (χ3v) is 4.80. The molecule has 1 aliphatic rings. The Morgan fingerprint density at radius 3 is 2.43 bits per heavy atom. The largest absolute Gasteiger partial charge is 0.356 e. The fourth-order valence-corrected chi connectivity index (χ4v) is 3.54. The molecule has 3 heteroatoms. The highest BCUT2D eigenvalue weighted by atomic mass is 15.2. The molecule has 0 unspecified atom stereocenters. The van der Waals surface area contributed by atoms with Gasteiger partial charge in [-0.25, -0.2) is 9.97 Å². The molecule has 2 heterocycles. The average Bonchev–Trinajstić information content (AvgIpc) is 2.63. The van der Waals surface area contributed by atoms with Gasteiger partial charge in [0.05, 0.1) is 5.52 Å². The number of nitrogens with zero attached hydrogens (tertiary/aromatic N) is 3. The fraction of sp³-hybridized carbons (Fsp3) is 0.300. The number of para-hydroxylation sites is 1. The van der Waals surface area contributed by atoms with Gasteiger partial charge in [-0.05, 0) is 42.9 Å². The molecule has 0 N–H and O–H groups in total. The number of piperidine rings is 1. The Labute approximate surface area is 137 Å². The second-order valence-corrected chi connectivity index (χ2v) is 6.33. The summed E-state index contributed by atoms with van der Waals surface area (Å²) in [6, 6.07) is 19.1. The van der Waals surface area contributed by atoms with Crippen molar-refractivity contribution in [2.75, 3.05) is 18.0 Å². The van der Waals surface area contributed by atoms with Crippen LogP contribution in [0.2, 0.25) is 0 Å². The quantitative estimate of drug-likeness (QED) is 0.730. The van der Waals surface area contributed by atoms with E-state index in [0.29, 0.717) is 0 Å². The van der Waals surface area contributed by atoms with Gasteiger partial charge in [0.25, 0.3) is 0 Å². The molecule has 3 aromatic rings. The zero-order valence-corrected chi connectivity index (χ0v) is 13.2. The Kier molecular flexibility index (Phi) is 3.93. The van der Waals surface area contributed by atoms with E-state index in [1.165, 1.54) is 24.8 Å². The van der Waals surface area contributed by atoms with Crippen LogP contribution in [0.3, 0.4) is 0 Å². The van der Waals surface area contributed by atoms with Gasteiger partial charge in [0.1, 0.15) is 12.1 Å². The van der Waals surface area contributed by atoms with E-state index in [-0.39, 0.29) is 0 Å². The third-order valence-electron chi connectivity index (χ3n) is 4.80. The summed E-state index contributed by atoms with van der Waals surface area (Å²) in [6.45, 7) is 2.16. The zero-order chi connectivity index (χ0) is 15.5. The van der Waals surface area contributed by atoms with Crippen LogP contribution in [0, 0.1) is 5.92 Å². The minimum atomic E-state index is 0.779. The van der Waals surface area contributed by atoms with Gasteiger partial charge in [-0.1, -0.05) is 42.5 Å². The van der Waals surface area contributed by atoms with Crippen LogP contribution in [-0.2, 0) is 6.42 Å². The molecule has 0 amide bonds. The second kappa shape index (κ2) is 6.37. The maximum Gasteiger partial charge on any atom is 0.139 e. The lowest BCUT2D eigenvalue weighted by molar-refractivity contribution is 0.402. The Morgan fingerprint density at radius 1 is 0.870 bits per heavy atom. The summed E-state index contributed by atoms with van der Waals surface area (Å²) < 4.78 is 0. The molecule has 4 rings (SSSR count). The van der Waals surface area contributed by atoms with E-state index in [0.717, 1.165) is 35.7 Å². The Balaban J connectivity index is 1.47. The normalized spacial score (nSPS) is 15.9. The molecule has 2 aromatic carbocycles. The standard InChI is InChI=1S/C20H21N3/c1-2-6-16(7-3-1)14-17-10-12-23(13-11-17)20-18-8-4-5-9-19(18)21-15-22-20/h1-9,15,17H,10-14H2. The van der Waals surface area contributed by atoms with Crippen molar-refractivity contribution in [3.05, 3.63) is 66.5 Å². The lowest BCUT2D eigenvalue weighted by atomic mass is 9.90. The molecule has 3 nitrogen and oxygen atoms in total. The van der Waals surface area contributed by atoms with Crippen molar-refractivity contribution in [3.63, 3.8) is 0 Å². The third kappa shape index (κ3) is 3.04. The number of aromatic nitrogens is 2. The van der Waals surface area contributed by atoms with Crippen LogP contribution in [-0.4, -0.2) is 23.1 Å². The topological polar surface area (TPSA) is 29.0 Å². The molecule has 0 radical (unpaired) electrons. The first-order chi connectivity index (χ1) is 11.4. The molecule has 0 spiro atoms. The van der Waals surface area contributed by atoms with Crippen molar-refractivity contribution in [1.29, 1.82) is 0 Å². The van der Waals surface area contributed by atoms with E-state index in [1.54, 1.807) is 6.33 Å². The highest BCUT2D eigenvalue weighted by molar-refractivity contribution is 5.89. The van der Waals surface area contributed by atoms with Crippen LogP contribution in [0.4, 0.5) is 5.82 Å². The zero-order valence-electron chi connectivity index (χ0n) is 13.2. The van der Waals surface area contributed by atoms with Gasteiger partial charge in [-0.15, -0.1) is 0 Å². The summed E-state index contributed by atoms with van der Waals surface area (Å²) in [5.41, 5.74) is 2.49. The molecule has 0 aliphatic carbocycles. The lowest BCUT2D eigenvalue weighted by Crippen LogP contribution is -2.35. The van der Waals surface area contributed by atoms with Crippen LogP contribution in [0.15, 0.2) is 60.9 Å². The van der Waals surface area contributed by atoms with Crippen molar-refractivity contribution in [2.45, 2.75) is 19.3 Å². The van der Waals surface area contributed by atoms with Crippen molar-refractivity contribution in [1.82, 2.24) is 9.97 Å². The van der Waals surface area contributed by atoms with Crippen LogP contribution < -0.4 is 4.90 Å². The fourth-order valence-electron chi connectivity index (χ4n) is 3.54. The van der Waals surface area contributed by atoms with Gasteiger partial charge in [0, 0.05) is 18.5 Å². The van der Waals surface area contributed by atoms with Gasteiger partial charge in [-0.2, -0.15) is 0 Å². The van der Waals surface area contributed by atoms with E-state index in [9.17, 15) is 0 Å². The first-order valence-electron chi connectivity index (χ1n) is 8.39. The molecule has 1 saturated heterocycles. The number of benzene rings is 2. The summed E-state index contributed by atoms with van der Waals surface area (Å²) in [5.74, 6) is 1.87. The maximum atomic E-state index is 4.55. The van der Waals surface area contributed by atoms with E-state index in [2.05, 4.69) is 63.4 Å². The molecule has 1 fully saturated rings.